The molecule has 0 saturated heterocycles. The fourth-order valence-corrected chi connectivity index (χ4v) is 2.00. The fourth-order valence-electron chi connectivity index (χ4n) is 2.00. The second-order valence-corrected chi connectivity index (χ2v) is 4.90. The van der Waals surface area contributed by atoms with Gasteiger partial charge in [-0.3, -0.25) is 9.59 Å². The molecule has 5 heteroatoms. The number of carbonyl (C=O) groups is 2. The highest BCUT2D eigenvalue weighted by Crippen LogP contribution is 2.14. The summed E-state index contributed by atoms with van der Waals surface area (Å²) >= 11 is 0. The standard InChI is InChI=1S/C17H18N2O3/c1-12-5-4-6-13(11-12)16(21)18-9-10-19-17(22)14-7-2-3-8-15(14)20/h2-8,11,20H,9-10H2,1H3,(H,18,21)(H,19,22). The van der Waals surface area contributed by atoms with Crippen LogP contribution in [0, 0.1) is 6.92 Å². The van der Waals surface area contributed by atoms with Crippen LogP contribution in [0.4, 0.5) is 0 Å². The summed E-state index contributed by atoms with van der Waals surface area (Å²) in [5.41, 5.74) is 1.82. The summed E-state index contributed by atoms with van der Waals surface area (Å²) in [5, 5.41) is 14.9. The van der Waals surface area contributed by atoms with Crippen molar-refractivity contribution in [1.82, 2.24) is 10.6 Å². The quantitative estimate of drug-likeness (QED) is 0.737. The number of rotatable bonds is 5. The van der Waals surface area contributed by atoms with Crippen LogP contribution in [0.1, 0.15) is 26.3 Å². The lowest BCUT2D eigenvalue weighted by atomic mass is 10.1. The van der Waals surface area contributed by atoms with Gasteiger partial charge >= 0.3 is 0 Å². The van der Waals surface area contributed by atoms with Gasteiger partial charge in [0.15, 0.2) is 0 Å². The highest BCUT2D eigenvalue weighted by Gasteiger charge is 2.09. The zero-order valence-corrected chi connectivity index (χ0v) is 12.3. The molecule has 2 aromatic carbocycles. The molecule has 0 aliphatic rings. The fraction of sp³-hybridized carbons (Fsp3) is 0.176. The molecule has 3 N–H and O–H groups in total. The second kappa shape index (κ2) is 7.26. The first kappa shape index (κ1) is 15.6. The van der Waals surface area contributed by atoms with E-state index in [4.69, 9.17) is 0 Å². The van der Waals surface area contributed by atoms with E-state index in [0.717, 1.165) is 5.56 Å². The Kier molecular flexibility index (Phi) is 5.14. The van der Waals surface area contributed by atoms with E-state index >= 15 is 0 Å². The first-order chi connectivity index (χ1) is 10.6. The molecule has 0 heterocycles. The van der Waals surface area contributed by atoms with E-state index in [2.05, 4.69) is 10.6 Å². The Morgan fingerprint density at radius 1 is 0.955 bits per heavy atom. The normalized spacial score (nSPS) is 10.0. The van der Waals surface area contributed by atoms with E-state index in [1.54, 1.807) is 24.3 Å². The van der Waals surface area contributed by atoms with Crippen LogP contribution in [0.5, 0.6) is 5.75 Å². The summed E-state index contributed by atoms with van der Waals surface area (Å²) in [6.45, 7) is 2.51. The van der Waals surface area contributed by atoms with Crippen molar-refractivity contribution in [2.45, 2.75) is 6.92 Å². The summed E-state index contributed by atoms with van der Waals surface area (Å²) < 4.78 is 0. The third kappa shape index (κ3) is 4.09. The second-order valence-electron chi connectivity index (χ2n) is 4.90. The van der Waals surface area contributed by atoms with E-state index in [0.29, 0.717) is 12.1 Å². The van der Waals surface area contributed by atoms with Gasteiger partial charge in [0.25, 0.3) is 11.8 Å². The molecular formula is C17H18N2O3. The van der Waals surface area contributed by atoms with Gasteiger partial charge in [0, 0.05) is 18.7 Å². The number of amides is 2. The average Bonchev–Trinajstić information content (AvgIpc) is 2.51. The third-order valence-corrected chi connectivity index (χ3v) is 3.13. The molecule has 0 fully saturated rings. The minimum Gasteiger partial charge on any atom is -0.507 e. The van der Waals surface area contributed by atoms with Crippen LogP contribution in [0.25, 0.3) is 0 Å². The largest absolute Gasteiger partial charge is 0.507 e. The number of aromatic hydroxyl groups is 1. The number of hydrogen-bond acceptors (Lipinski definition) is 3. The van der Waals surface area contributed by atoms with Gasteiger partial charge in [0.1, 0.15) is 5.75 Å². The monoisotopic (exact) mass is 298 g/mol. The topological polar surface area (TPSA) is 78.4 Å². The predicted octanol–water partition coefficient (Wildman–Crippen LogP) is 1.86. The van der Waals surface area contributed by atoms with Crippen molar-refractivity contribution in [3.63, 3.8) is 0 Å². The zero-order valence-electron chi connectivity index (χ0n) is 12.3. The van der Waals surface area contributed by atoms with Gasteiger partial charge in [-0.1, -0.05) is 29.8 Å². The first-order valence-electron chi connectivity index (χ1n) is 6.99. The lowest BCUT2D eigenvalue weighted by Crippen LogP contribution is -2.34. The smallest absolute Gasteiger partial charge is 0.255 e. The van der Waals surface area contributed by atoms with Gasteiger partial charge in [-0.25, -0.2) is 0 Å². The first-order valence-corrected chi connectivity index (χ1v) is 6.99. The number of para-hydroxylation sites is 1. The Morgan fingerprint density at radius 3 is 2.32 bits per heavy atom. The van der Waals surface area contributed by atoms with Gasteiger partial charge in [0.05, 0.1) is 5.56 Å². The molecule has 0 unspecified atom stereocenters. The zero-order chi connectivity index (χ0) is 15.9. The molecule has 0 atom stereocenters. The van der Waals surface area contributed by atoms with E-state index in [-0.39, 0.29) is 29.7 Å². The third-order valence-electron chi connectivity index (χ3n) is 3.13. The Hall–Kier alpha value is -2.82. The van der Waals surface area contributed by atoms with Crippen molar-refractivity contribution in [3.05, 3.63) is 65.2 Å². The van der Waals surface area contributed by atoms with Crippen LogP contribution >= 0.6 is 0 Å². The van der Waals surface area contributed by atoms with E-state index in [9.17, 15) is 14.7 Å². The van der Waals surface area contributed by atoms with E-state index in [1.807, 2.05) is 19.1 Å². The maximum absolute atomic E-state index is 11.9. The summed E-state index contributed by atoms with van der Waals surface area (Å²) in [7, 11) is 0. The average molecular weight is 298 g/mol. The van der Waals surface area contributed by atoms with Crippen LogP contribution in [-0.2, 0) is 0 Å². The lowest BCUT2D eigenvalue weighted by Gasteiger charge is -2.08. The van der Waals surface area contributed by atoms with Crippen LogP contribution < -0.4 is 10.6 Å². The predicted molar refractivity (Wildman–Crippen MR) is 84.0 cm³/mol. The number of nitrogens with one attached hydrogen (secondary N) is 2. The molecule has 2 amide bonds. The number of carbonyl (C=O) groups excluding carboxylic acids is 2. The Balaban J connectivity index is 1.79. The number of aryl methyl sites for hydroxylation is 1. The molecule has 5 nitrogen and oxygen atoms in total. The van der Waals surface area contributed by atoms with Crippen LogP contribution in [-0.4, -0.2) is 30.0 Å². The molecule has 2 aromatic rings. The van der Waals surface area contributed by atoms with Gasteiger partial charge in [-0.2, -0.15) is 0 Å². The minimum absolute atomic E-state index is 0.0659. The molecule has 2 rings (SSSR count). The number of phenols is 1. The molecular weight excluding hydrogens is 280 g/mol. The molecule has 0 spiro atoms. The van der Waals surface area contributed by atoms with Gasteiger partial charge in [-0.15, -0.1) is 0 Å². The van der Waals surface area contributed by atoms with Gasteiger partial charge < -0.3 is 15.7 Å². The van der Waals surface area contributed by atoms with Crippen molar-refractivity contribution < 1.29 is 14.7 Å². The van der Waals surface area contributed by atoms with Crippen molar-refractivity contribution >= 4 is 11.8 Å². The van der Waals surface area contributed by atoms with Crippen molar-refractivity contribution in [2.24, 2.45) is 0 Å². The van der Waals surface area contributed by atoms with Crippen molar-refractivity contribution in [2.75, 3.05) is 13.1 Å². The molecule has 0 aliphatic heterocycles. The summed E-state index contributed by atoms with van der Waals surface area (Å²) in [6.07, 6.45) is 0. The Morgan fingerprint density at radius 2 is 1.64 bits per heavy atom. The number of hydrogen-bond donors (Lipinski definition) is 3. The maximum Gasteiger partial charge on any atom is 0.255 e. The highest BCUT2D eigenvalue weighted by atomic mass is 16.3. The molecule has 22 heavy (non-hydrogen) atoms. The minimum atomic E-state index is -0.372. The summed E-state index contributed by atoms with van der Waals surface area (Å²) in [4.78, 5) is 23.7. The maximum atomic E-state index is 11.9. The SMILES string of the molecule is Cc1cccc(C(=O)NCCNC(=O)c2ccccc2O)c1. The van der Waals surface area contributed by atoms with E-state index in [1.165, 1.54) is 12.1 Å². The number of phenolic OH excluding ortho intramolecular Hbond substituents is 1. The molecule has 0 aliphatic carbocycles. The summed E-state index contributed by atoms with van der Waals surface area (Å²) in [5.74, 6) is -0.618. The van der Waals surface area contributed by atoms with E-state index < -0.39 is 0 Å². The molecule has 0 aromatic heterocycles. The van der Waals surface area contributed by atoms with Crippen LogP contribution in [0.2, 0.25) is 0 Å². The Labute approximate surface area is 129 Å². The van der Waals surface area contributed by atoms with Crippen LogP contribution in [0.15, 0.2) is 48.5 Å². The van der Waals surface area contributed by atoms with Crippen molar-refractivity contribution in [1.29, 1.82) is 0 Å². The molecule has 0 saturated carbocycles. The molecule has 0 bridgehead atoms. The van der Waals surface area contributed by atoms with Gasteiger partial charge in [0.2, 0.25) is 0 Å². The lowest BCUT2D eigenvalue weighted by molar-refractivity contribution is 0.0926. The highest BCUT2D eigenvalue weighted by molar-refractivity contribution is 5.97. The van der Waals surface area contributed by atoms with Crippen LogP contribution in [0.3, 0.4) is 0 Å². The summed E-state index contributed by atoms with van der Waals surface area (Å²) in [6, 6.07) is 13.6. The number of benzene rings is 2. The molecule has 0 radical (unpaired) electrons. The van der Waals surface area contributed by atoms with Gasteiger partial charge in [-0.05, 0) is 31.2 Å². The Bertz CT molecular complexity index is 683. The molecule has 114 valence electrons. The van der Waals surface area contributed by atoms with Crippen molar-refractivity contribution in [3.8, 4) is 5.75 Å².